The smallest absolute Gasteiger partial charge is 0.152 e. The first-order chi connectivity index (χ1) is 9.28. The number of piperidine rings is 1. The van der Waals surface area contributed by atoms with Gasteiger partial charge in [0.25, 0.3) is 0 Å². The summed E-state index contributed by atoms with van der Waals surface area (Å²) in [5, 5.41) is 9.87. The third-order valence-corrected chi connectivity index (χ3v) is 4.12. The van der Waals surface area contributed by atoms with E-state index in [1.807, 2.05) is 28.8 Å². The molecule has 2 aromatic rings. The quantitative estimate of drug-likeness (QED) is 0.936. The average Bonchev–Trinajstić information content (AvgIpc) is 2.76. The summed E-state index contributed by atoms with van der Waals surface area (Å²) in [6.45, 7) is 3.07. The van der Waals surface area contributed by atoms with Gasteiger partial charge in [-0.2, -0.15) is 0 Å². The number of nitrogens with zero attached hydrogens (tertiary/aromatic N) is 3. The summed E-state index contributed by atoms with van der Waals surface area (Å²) in [4.78, 5) is 6.72. The van der Waals surface area contributed by atoms with Gasteiger partial charge in [0.1, 0.15) is 5.65 Å². The van der Waals surface area contributed by atoms with Crippen LogP contribution in [-0.2, 0) is 6.54 Å². The molecule has 102 valence electrons. The van der Waals surface area contributed by atoms with Crippen molar-refractivity contribution in [3.8, 4) is 0 Å². The standard InChI is InChI=1S/C14H18ClN3O/c15-14-12(18-7-2-1-5-13(18)16-14)9-17-6-3-4-11(8-17)10-19/h1-2,5,7,11,19H,3-4,6,8-10H2. The van der Waals surface area contributed by atoms with E-state index in [1.165, 1.54) is 0 Å². The van der Waals surface area contributed by atoms with Crippen LogP contribution in [0.3, 0.4) is 0 Å². The third-order valence-electron chi connectivity index (χ3n) is 3.81. The molecule has 0 saturated carbocycles. The van der Waals surface area contributed by atoms with Crippen LogP contribution in [0.15, 0.2) is 24.4 Å². The zero-order valence-corrected chi connectivity index (χ0v) is 11.6. The summed E-state index contributed by atoms with van der Waals surface area (Å²) < 4.78 is 2.05. The van der Waals surface area contributed by atoms with Gasteiger partial charge in [0.15, 0.2) is 5.15 Å². The molecule has 0 aromatic carbocycles. The van der Waals surface area contributed by atoms with E-state index < -0.39 is 0 Å². The molecule has 3 rings (SSSR count). The summed E-state index contributed by atoms with van der Waals surface area (Å²) in [6, 6.07) is 5.91. The number of halogens is 1. The largest absolute Gasteiger partial charge is 0.396 e. The molecule has 1 aliphatic rings. The maximum atomic E-state index is 9.29. The highest BCUT2D eigenvalue weighted by Gasteiger charge is 2.21. The summed E-state index contributed by atoms with van der Waals surface area (Å²) >= 11 is 6.25. The van der Waals surface area contributed by atoms with Crippen LogP contribution in [0.5, 0.6) is 0 Å². The highest BCUT2D eigenvalue weighted by molar-refractivity contribution is 6.30. The van der Waals surface area contributed by atoms with E-state index in [4.69, 9.17) is 11.6 Å². The molecule has 0 amide bonds. The fourth-order valence-electron chi connectivity index (χ4n) is 2.82. The Morgan fingerprint density at radius 2 is 2.32 bits per heavy atom. The van der Waals surface area contributed by atoms with Gasteiger partial charge in [-0.1, -0.05) is 17.7 Å². The van der Waals surface area contributed by atoms with Crippen LogP contribution < -0.4 is 0 Å². The second-order valence-corrected chi connectivity index (χ2v) is 5.56. The predicted octanol–water partition coefficient (Wildman–Crippen LogP) is 2.19. The Hall–Kier alpha value is -1.10. The van der Waals surface area contributed by atoms with Gasteiger partial charge in [0.05, 0.1) is 5.69 Å². The lowest BCUT2D eigenvalue weighted by atomic mass is 9.99. The number of pyridine rings is 1. The van der Waals surface area contributed by atoms with Crippen molar-refractivity contribution in [1.29, 1.82) is 0 Å². The van der Waals surface area contributed by atoms with Crippen molar-refractivity contribution in [2.24, 2.45) is 5.92 Å². The maximum absolute atomic E-state index is 9.29. The number of aromatic nitrogens is 2. The Morgan fingerprint density at radius 1 is 1.42 bits per heavy atom. The fourth-order valence-corrected chi connectivity index (χ4v) is 3.05. The maximum Gasteiger partial charge on any atom is 0.152 e. The predicted molar refractivity (Wildman–Crippen MR) is 75.3 cm³/mol. The topological polar surface area (TPSA) is 40.8 Å². The van der Waals surface area contributed by atoms with Crippen molar-refractivity contribution >= 4 is 17.2 Å². The van der Waals surface area contributed by atoms with Crippen LogP contribution in [0.1, 0.15) is 18.5 Å². The van der Waals surface area contributed by atoms with Crippen LogP contribution in [0.25, 0.3) is 5.65 Å². The molecule has 0 bridgehead atoms. The van der Waals surface area contributed by atoms with Crippen LogP contribution in [-0.4, -0.2) is 39.1 Å². The molecule has 1 unspecified atom stereocenters. The minimum absolute atomic E-state index is 0.275. The second kappa shape index (κ2) is 5.49. The lowest BCUT2D eigenvalue weighted by Gasteiger charge is -2.31. The van der Waals surface area contributed by atoms with E-state index in [0.29, 0.717) is 11.1 Å². The second-order valence-electron chi connectivity index (χ2n) is 5.20. The summed E-state index contributed by atoms with van der Waals surface area (Å²) in [6.07, 6.45) is 4.25. The molecule has 1 atom stereocenters. The summed E-state index contributed by atoms with van der Waals surface area (Å²) in [7, 11) is 0. The van der Waals surface area contributed by atoms with Crippen LogP contribution in [0.4, 0.5) is 0 Å². The van der Waals surface area contributed by atoms with Crippen molar-refractivity contribution in [3.05, 3.63) is 35.2 Å². The molecular formula is C14H18ClN3O. The lowest BCUT2D eigenvalue weighted by molar-refractivity contribution is 0.115. The van der Waals surface area contributed by atoms with Gasteiger partial charge < -0.3 is 9.51 Å². The number of likely N-dealkylation sites (tertiary alicyclic amines) is 1. The van der Waals surface area contributed by atoms with Gasteiger partial charge in [0.2, 0.25) is 0 Å². The van der Waals surface area contributed by atoms with Gasteiger partial charge in [-0.3, -0.25) is 4.90 Å². The molecule has 1 saturated heterocycles. The molecule has 0 spiro atoms. The number of aliphatic hydroxyl groups excluding tert-OH is 1. The number of aliphatic hydroxyl groups is 1. The van der Waals surface area contributed by atoms with Crippen molar-refractivity contribution in [1.82, 2.24) is 14.3 Å². The molecule has 0 radical (unpaired) electrons. The Balaban J connectivity index is 1.83. The van der Waals surface area contributed by atoms with Crippen LogP contribution in [0.2, 0.25) is 5.15 Å². The van der Waals surface area contributed by atoms with Gasteiger partial charge >= 0.3 is 0 Å². The van der Waals surface area contributed by atoms with Gasteiger partial charge in [-0.15, -0.1) is 0 Å². The number of fused-ring (bicyclic) bond motifs is 1. The minimum Gasteiger partial charge on any atom is -0.396 e. The summed E-state index contributed by atoms with van der Waals surface area (Å²) in [5.41, 5.74) is 1.93. The molecule has 1 fully saturated rings. The fraction of sp³-hybridized carbons (Fsp3) is 0.500. The van der Waals surface area contributed by atoms with Gasteiger partial charge in [-0.05, 0) is 37.4 Å². The third kappa shape index (κ3) is 2.61. The first-order valence-electron chi connectivity index (χ1n) is 6.72. The van der Waals surface area contributed by atoms with E-state index >= 15 is 0 Å². The van der Waals surface area contributed by atoms with Crippen molar-refractivity contribution < 1.29 is 5.11 Å². The molecule has 3 heterocycles. The Labute approximate surface area is 117 Å². The van der Waals surface area contributed by atoms with Gasteiger partial charge in [0, 0.05) is 25.9 Å². The van der Waals surface area contributed by atoms with Crippen LogP contribution >= 0.6 is 11.6 Å². The molecule has 1 N–H and O–H groups in total. The van der Waals surface area contributed by atoms with Gasteiger partial charge in [-0.25, -0.2) is 4.98 Å². The zero-order chi connectivity index (χ0) is 13.2. The van der Waals surface area contributed by atoms with Crippen molar-refractivity contribution in [2.45, 2.75) is 19.4 Å². The Kier molecular flexibility index (Phi) is 3.73. The average molecular weight is 280 g/mol. The number of rotatable bonds is 3. The number of hydrogen-bond donors (Lipinski definition) is 1. The summed E-state index contributed by atoms with van der Waals surface area (Å²) in [5.74, 6) is 0.395. The first-order valence-corrected chi connectivity index (χ1v) is 7.10. The lowest BCUT2D eigenvalue weighted by Crippen LogP contribution is -2.36. The molecular weight excluding hydrogens is 262 g/mol. The highest BCUT2D eigenvalue weighted by Crippen LogP contribution is 2.22. The Morgan fingerprint density at radius 3 is 3.16 bits per heavy atom. The van der Waals surface area contributed by atoms with E-state index in [9.17, 15) is 5.11 Å². The Bertz CT molecular complexity index is 569. The van der Waals surface area contributed by atoms with Crippen molar-refractivity contribution in [3.63, 3.8) is 0 Å². The monoisotopic (exact) mass is 279 g/mol. The van der Waals surface area contributed by atoms with E-state index in [0.717, 1.165) is 43.8 Å². The normalized spacial score (nSPS) is 21.1. The zero-order valence-electron chi connectivity index (χ0n) is 10.8. The minimum atomic E-state index is 0.275. The highest BCUT2D eigenvalue weighted by atomic mass is 35.5. The first kappa shape index (κ1) is 12.9. The number of imidazole rings is 1. The van der Waals surface area contributed by atoms with E-state index in [1.54, 1.807) is 0 Å². The van der Waals surface area contributed by atoms with E-state index in [2.05, 4.69) is 9.88 Å². The molecule has 1 aliphatic heterocycles. The van der Waals surface area contributed by atoms with Crippen molar-refractivity contribution in [2.75, 3.05) is 19.7 Å². The molecule has 5 heteroatoms. The van der Waals surface area contributed by atoms with E-state index in [-0.39, 0.29) is 6.61 Å². The SMILES string of the molecule is OCC1CCCN(Cc2c(Cl)nc3ccccn23)C1. The molecule has 19 heavy (non-hydrogen) atoms. The molecule has 2 aromatic heterocycles. The molecule has 0 aliphatic carbocycles. The van der Waals surface area contributed by atoms with Crippen LogP contribution in [0, 0.1) is 5.92 Å². The number of hydrogen-bond acceptors (Lipinski definition) is 3. The molecule has 4 nitrogen and oxygen atoms in total.